The highest BCUT2D eigenvalue weighted by Crippen LogP contribution is 2.25. The summed E-state index contributed by atoms with van der Waals surface area (Å²) >= 11 is 1.55. The zero-order valence-electron chi connectivity index (χ0n) is 10.6. The van der Waals surface area contributed by atoms with Crippen LogP contribution in [0.4, 0.5) is 0 Å². The molecule has 1 amide bonds. The summed E-state index contributed by atoms with van der Waals surface area (Å²) in [5.41, 5.74) is 1.04. The quantitative estimate of drug-likeness (QED) is 0.903. The van der Waals surface area contributed by atoms with Crippen LogP contribution in [0.1, 0.15) is 23.3 Å². The molecule has 7 heteroatoms. The van der Waals surface area contributed by atoms with E-state index in [1.165, 1.54) is 4.90 Å². The lowest BCUT2D eigenvalue weighted by molar-refractivity contribution is -0.141. The molecule has 1 aliphatic rings. The molecule has 0 saturated carbocycles. The van der Waals surface area contributed by atoms with E-state index in [0.29, 0.717) is 19.4 Å². The van der Waals surface area contributed by atoms with Gasteiger partial charge >= 0.3 is 5.97 Å². The molecule has 0 unspecified atom stereocenters. The molecule has 2 aromatic rings. The van der Waals surface area contributed by atoms with Crippen LogP contribution in [0.15, 0.2) is 23.6 Å². The largest absolute Gasteiger partial charge is 0.480 e. The van der Waals surface area contributed by atoms with Gasteiger partial charge in [-0.15, -0.1) is 11.3 Å². The standard InChI is InChI=1S/C13H13N3O3S/c17-12(16-5-1-3-10(16)13(18)19)9-7-8(14-15-9)11-4-2-6-20-11/h2,4,6-7,10H,1,3,5H2,(H,14,15)(H,18,19)/t10-/m1/s1. The van der Waals surface area contributed by atoms with Crippen LogP contribution in [-0.2, 0) is 4.79 Å². The first-order chi connectivity index (χ1) is 9.66. The molecule has 2 N–H and O–H groups in total. The number of aliphatic carboxylic acids is 1. The Balaban J connectivity index is 1.83. The Morgan fingerprint density at radius 3 is 3.05 bits per heavy atom. The maximum atomic E-state index is 12.3. The first kappa shape index (κ1) is 12.9. The van der Waals surface area contributed by atoms with Crippen molar-refractivity contribution in [2.45, 2.75) is 18.9 Å². The third kappa shape index (κ3) is 2.20. The highest BCUT2D eigenvalue weighted by molar-refractivity contribution is 7.13. The van der Waals surface area contributed by atoms with Gasteiger partial charge in [-0.2, -0.15) is 5.10 Å². The topological polar surface area (TPSA) is 86.3 Å². The average Bonchev–Trinajstić information content (AvgIpc) is 3.17. The van der Waals surface area contributed by atoms with E-state index in [1.54, 1.807) is 17.4 Å². The van der Waals surface area contributed by atoms with E-state index in [9.17, 15) is 9.59 Å². The van der Waals surface area contributed by atoms with Crippen molar-refractivity contribution in [1.82, 2.24) is 15.1 Å². The summed E-state index contributed by atoms with van der Waals surface area (Å²) in [6, 6.07) is 4.79. The first-order valence-electron chi connectivity index (χ1n) is 6.30. The van der Waals surface area contributed by atoms with Crippen LogP contribution in [0.3, 0.4) is 0 Å². The highest BCUT2D eigenvalue weighted by atomic mass is 32.1. The number of nitrogens with zero attached hydrogens (tertiary/aromatic N) is 2. The molecule has 0 bridgehead atoms. The summed E-state index contributed by atoms with van der Waals surface area (Å²) in [6.07, 6.45) is 1.22. The Morgan fingerprint density at radius 2 is 2.35 bits per heavy atom. The van der Waals surface area contributed by atoms with Crippen LogP contribution < -0.4 is 0 Å². The molecule has 1 fully saturated rings. The van der Waals surface area contributed by atoms with E-state index in [2.05, 4.69) is 10.2 Å². The minimum Gasteiger partial charge on any atom is -0.480 e. The molecule has 104 valence electrons. The van der Waals surface area contributed by atoms with Gasteiger partial charge in [0.25, 0.3) is 5.91 Å². The van der Waals surface area contributed by atoms with Gasteiger partial charge in [-0.05, 0) is 30.4 Å². The Labute approximate surface area is 119 Å². The summed E-state index contributed by atoms with van der Waals surface area (Å²) < 4.78 is 0. The van der Waals surface area contributed by atoms with E-state index in [1.807, 2.05) is 17.5 Å². The van der Waals surface area contributed by atoms with E-state index in [4.69, 9.17) is 5.11 Å². The predicted octanol–water partition coefficient (Wildman–Crippen LogP) is 1.83. The van der Waals surface area contributed by atoms with Gasteiger partial charge in [0.1, 0.15) is 6.04 Å². The van der Waals surface area contributed by atoms with Gasteiger partial charge in [0, 0.05) is 6.54 Å². The number of aromatic amines is 1. The lowest BCUT2D eigenvalue weighted by atomic mass is 10.2. The van der Waals surface area contributed by atoms with Gasteiger partial charge in [0.05, 0.1) is 10.6 Å². The molecule has 20 heavy (non-hydrogen) atoms. The number of nitrogens with one attached hydrogen (secondary N) is 1. The van der Waals surface area contributed by atoms with Crippen LogP contribution >= 0.6 is 11.3 Å². The Hall–Kier alpha value is -2.15. The number of likely N-dealkylation sites (tertiary alicyclic amines) is 1. The Bertz CT molecular complexity index is 635. The molecular weight excluding hydrogens is 278 g/mol. The van der Waals surface area contributed by atoms with Crippen molar-refractivity contribution >= 4 is 23.2 Å². The maximum absolute atomic E-state index is 12.3. The second-order valence-electron chi connectivity index (χ2n) is 4.64. The molecule has 2 aromatic heterocycles. The van der Waals surface area contributed by atoms with E-state index in [-0.39, 0.29) is 11.6 Å². The van der Waals surface area contributed by atoms with Crippen molar-refractivity contribution < 1.29 is 14.7 Å². The maximum Gasteiger partial charge on any atom is 0.326 e. The van der Waals surface area contributed by atoms with E-state index >= 15 is 0 Å². The van der Waals surface area contributed by atoms with Gasteiger partial charge < -0.3 is 10.0 Å². The second kappa shape index (κ2) is 5.09. The number of hydrogen-bond donors (Lipinski definition) is 2. The molecule has 3 heterocycles. The number of thiophene rings is 1. The van der Waals surface area contributed by atoms with Crippen LogP contribution in [-0.4, -0.2) is 44.7 Å². The van der Waals surface area contributed by atoms with E-state index in [0.717, 1.165) is 10.6 Å². The molecule has 1 saturated heterocycles. The summed E-state index contributed by atoms with van der Waals surface area (Å²) in [4.78, 5) is 25.8. The van der Waals surface area contributed by atoms with Crippen molar-refractivity contribution in [1.29, 1.82) is 0 Å². The molecular formula is C13H13N3O3S. The summed E-state index contributed by atoms with van der Waals surface area (Å²) in [5.74, 6) is -1.28. The lowest BCUT2D eigenvalue weighted by Gasteiger charge is -2.19. The first-order valence-corrected chi connectivity index (χ1v) is 7.18. The minimum atomic E-state index is -0.954. The Morgan fingerprint density at radius 1 is 1.50 bits per heavy atom. The fraction of sp³-hybridized carbons (Fsp3) is 0.308. The Kier molecular flexibility index (Phi) is 3.27. The predicted molar refractivity (Wildman–Crippen MR) is 73.6 cm³/mol. The molecule has 6 nitrogen and oxygen atoms in total. The van der Waals surface area contributed by atoms with Gasteiger partial charge in [-0.1, -0.05) is 6.07 Å². The zero-order chi connectivity index (χ0) is 14.1. The van der Waals surface area contributed by atoms with Crippen LogP contribution in [0.25, 0.3) is 10.6 Å². The van der Waals surface area contributed by atoms with Crippen LogP contribution in [0, 0.1) is 0 Å². The number of carboxylic acid groups (broad SMARTS) is 1. The number of hydrogen-bond acceptors (Lipinski definition) is 4. The molecule has 0 spiro atoms. The van der Waals surface area contributed by atoms with Crippen molar-refractivity contribution in [3.63, 3.8) is 0 Å². The number of carboxylic acids is 1. The smallest absolute Gasteiger partial charge is 0.326 e. The van der Waals surface area contributed by atoms with Crippen LogP contribution in [0.5, 0.6) is 0 Å². The van der Waals surface area contributed by atoms with E-state index < -0.39 is 12.0 Å². The zero-order valence-corrected chi connectivity index (χ0v) is 11.4. The number of carbonyl (C=O) groups is 2. The van der Waals surface area contributed by atoms with Gasteiger partial charge in [0.15, 0.2) is 5.69 Å². The lowest BCUT2D eigenvalue weighted by Crippen LogP contribution is -2.40. The fourth-order valence-electron chi connectivity index (χ4n) is 2.40. The molecule has 3 rings (SSSR count). The minimum absolute atomic E-state index is 0.265. The highest BCUT2D eigenvalue weighted by Gasteiger charge is 2.35. The SMILES string of the molecule is O=C(O)[C@H]1CCCN1C(=O)c1cc(-c2cccs2)[nH]n1. The number of amides is 1. The monoisotopic (exact) mass is 291 g/mol. The van der Waals surface area contributed by atoms with Gasteiger partial charge in [-0.3, -0.25) is 9.89 Å². The molecule has 0 aliphatic carbocycles. The number of carbonyl (C=O) groups excluding carboxylic acids is 1. The summed E-state index contributed by atoms with van der Waals surface area (Å²) in [7, 11) is 0. The number of H-pyrrole nitrogens is 1. The van der Waals surface area contributed by atoms with Gasteiger partial charge in [0.2, 0.25) is 0 Å². The normalized spacial score (nSPS) is 18.4. The summed E-state index contributed by atoms with van der Waals surface area (Å²) in [5, 5.41) is 17.9. The van der Waals surface area contributed by atoms with Crippen LogP contribution in [0.2, 0.25) is 0 Å². The summed E-state index contributed by atoms with van der Waals surface area (Å²) in [6.45, 7) is 0.469. The average molecular weight is 291 g/mol. The number of aromatic nitrogens is 2. The van der Waals surface area contributed by atoms with Crippen molar-refractivity contribution in [3.05, 3.63) is 29.3 Å². The van der Waals surface area contributed by atoms with Crippen molar-refractivity contribution in [2.24, 2.45) is 0 Å². The molecule has 0 radical (unpaired) electrons. The third-order valence-electron chi connectivity index (χ3n) is 3.38. The molecule has 1 aliphatic heterocycles. The molecule has 0 aromatic carbocycles. The van der Waals surface area contributed by atoms with Crippen molar-refractivity contribution in [3.8, 4) is 10.6 Å². The van der Waals surface area contributed by atoms with Gasteiger partial charge in [-0.25, -0.2) is 4.79 Å². The number of rotatable bonds is 3. The third-order valence-corrected chi connectivity index (χ3v) is 4.29. The molecule has 1 atom stereocenters. The fourth-order valence-corrected chi connectivity index (χ4v) is 3.10. The van der Waals surface area contributed by atoms with Crippen molar-refractivity contribution in [2.75, 3.05) is 6.54 Å². The second-order valence-corrected chi connectivity index (χ2v) is 5.59.